The van der Waals surface area contributed by atoms with Gasteiger partial charge in [-0.2, -0.15) is 10.2 Å². The van der Waals surface area contributed by atoms with Crippen molar-refractivity contribution in [2.75, 3.05) is 13.1 Å². The third kappa shape index (κ3) is 3.03. The van der Waals surface area contributed by atoms with Gasteiger partial charge >= 0.3 is 0 Å². The van der Waals surface area contributed by atoms with Gasteiger partial charge in [-0.1, -0.05) is 12.1 Å². The van der Waals surface area contributed by atoms with Crippen molar-refractivity contribution in [2.24, 2.45) is 0 Å². The molecule has 0 saturated carbocycles. The molecular formula is C20H23N5O. The van der Waals surface area contributed by atoms with E-state index >= 15 is 0 Å². The van der Waals surface area contributed by atoms with Crippen LogP contribution in [0.2, 0.25) is 0 Å². The summed E-state index contributed by atoms with van der Waals surface area (Å²) in [6.07, 6.45) is 5.62. The molecule has 6 heteroatoms. The standard InChI is InChI=1S/C20H23N5O/c1-15-13-16(2)25(22-15)17-7-5-11-23(14-17)20(26)18-8-3-4-9-19(18)24-12-6-10-21-24/h3-4,6,8-10,12-13,17H,5,7,11,14H2,1-2H3. The summed E-state index contributed by atoms with van der Waals surface area (Å²) in [5.74, 6) is 0.0577. The number of carbonyl (C=O) groups is 1. The quantitative estimate of drug-likeness (QED) is 0.730. The molecule has 6 nitrogen and oxygen atoms in total. The predicted octanol–water partition coefficient (Wildman–Crippen LogP) is 3.16. The van der Waals surface area contributed by atoms with Gasteiger partial charge in [-0.3, -0.25) is 9.48 Å². The average molecular weight is 349 g/mol. The van der Waals surface area contributed by atoms with Crippen molar-refractivity contribution in [1.82, 2.24) is 24.5 Å². The van der Waals surface area contributed by atoms with E-state index < -0.39 is 0 Å². The molecule has 0 spiro atoms. The van der Waals surface area contributed by atoms with Crippen LogP contribution in [-0.4, -0.2) is 43.5 Å². The van der Waals surface area contributed by atoms with Gasteiger partial charge < -0.3 is 4.90 Å². The number of aryl methyl sites for hydroxylation is 2. The molecule has 1 aliphatic heterocycles. The van der Waals surface area contributed by atoms with Crippen LogP contribution in [-0.2, 0) is 0 Å². The number of carbonyl (C=O) groups excluding carboxylic acids is 1. The van der Waals surface area contributed by atoms with Crippen LogP contribution in [0.3, 0.4) is 0 Å². The zero-order valence-corrected chi connectivity index (χ0v) is 15.2. The minimum absolute atomic E-state index is 0.0577. The number of amides is 1. The lowest BCUT2D eigenvalue weighted by atomic mass is 10.0. The highest BCUT2D eigenvalue weighted by atomic mass is 16.2. The van der Waals surface area contributed by atoms with E-state index in [4.69, 9.17) is 0 Å². The lowest BCUT2D eigenvalue weighted by molar-refractivity contribution is 0.0671. The van der Waals surface area contributed by atoms with Crippen molar-refractivity contribution in [3.05, 3.63) is 65.7 Å². The topological polar surface area (TPSA) is 56.0 Å². The summed E-state index contributed by atoms with van der Waals surface area (Å²) < 4.78 is 3.82. The first-order valence-corrected chi connectivity index (χ1v) is 9.04. The number of hydrogen-bond donors (Lipinski definition) is 0. The monoisotopic (exact) mass is 349 g/mol. The first-order chi connectivity index (χ1) is 12.6. The molecule has 26 heavy (non-hydrogen) atoms. The number of benzene rings is 1. The van der Waals surface area contributed by atoms with Gasteiger partial charge in [-0.25, -0.2) is 4.68 Å². The Morgan fingerprint density at radius 1 is 1.19 bits per heavy atom. The fourth-order valence-electron chi connectivity index (χ4n) is 3.79. The van der Waals surface area contributed by atoms with E-state index in [1.54, 1.807) is 10.9 Å². The minimum Gasteiger partial charge on any atom is -0.336 e. The minimum atomic E-state index is 0.0577. The van der Waals surface area contributed by atoms with Gasteiger partial charge in [0.25, 0.3) is 5.91 Å². The second kappa shape index (κ2) is 6.78. The fourth-order valence-corrected chi connectivity index (χ4v) is 3.79. The van der Waals surface area contributed by atoms with E-state index in [-0.39, 0.29) is 11.9 Å². The molecule has 1 fully saturated rings. The summed E-state index contributed by atoms with van der Waals surface area (Å²) in [5.41, 5.74) is 3.68. The van der Waals surface area contributed by atoms with Gasteiger partial charge in [0, 0.05) is 31.2 Å². The van der Waals surface area contributed by atoms with Crippen LogP contribution < -0.4 is 0 Å². The zero-order chi connectivity index (χ0) is 18.1. The number of likely N-dealkylation sites (tertiary alicyclic amines) is 1. The van der Waals surface area contributed by atoms with Gasteiger partial charge in [0.05, 0.1) is 23.0 Å². The molecule has 1 saturated heterocycles. The third-order valence-electron chi connectivity index (χ3n) is 4.96. The van der Waals surface area contributed by atoms with Gasteiger partial charge in [0.2, 0.25) is 0 Å². The summed E-state index contributed by atoms with van der Waals surface area (Å²) in [4.78, 5) is 15.2. The van der Waals surface area contributed by atoms with Crippen molar-refractivity contribution in [1.29, 1.82) is 0 Å². The van der Waals surface area contributed by atoms with Gasteiger partial charge in [0.1, 0.15) is 0 Å². The number of aromatic nitrogens is 4. The molecule has 2 aromatic heterocycles. The Morgan fingerprint density at radius 3 is 2.77 bits per heavy atom. The number of piperidine rings is 1. The Morgan fingerprint density at radius 2 is 2.04 bits per heavy atom. The molecular weight excluding hydrogens is 326 g/mol. The van der Waals surface area contributed by atoms with Crippen molar-refractivity contribution in [3.63, 3.8) is 0 Å². The third-order valence-corrected chi connectivity index (χ3v) is 4.96. The van der Waals surface area contributed by atoms with E-state index in [2.05, 4.69) is 27.9 Å². The normalized spacial score (nSPS) is 17.5. The molecule has 0 aliphatic carbocycles. The van der Waals surface area contributed by atoms with Crippen LogP contribution in [0.1, 0.15) is 40.6 Å². The van der Waals surface area contributed by atoms with E-state index in [1.165, 1.54) is 0 Å². The molecule has 1 aliphatic rings. The van der Waals surface area contributed by atoms with E-state index in [1.807, 2.05) is 48.4 Å². The summed E-state index contributed by atoms with van der Waals surface area (Å²) >= 11 is 0. The smallest absolute Gasteiger partial charge is 0.256 e. The lowest BCUT2D eigenvalue weighted by Gasteiger charge is -2.33. The van der Waals surface area contributed by atoms with E-state index in [0.717, 1.165) is 36.5 Å². The highest BCUT2D eigenvalue weighted by Crippen LogP contribution is 2.25. The highest BCUT2D eigenvalue weighted by molar-refractivity contribution is 5.97. The molecule has 0 bridgehead atoms. The molecule has 1 amide bonds. The van der Waals surface area contributed by atoms with E-state index in [0.29, 0.717) is 12.1 Å². The van der Waals surface area contributed by atoms with Crippen LogP contribution in [0.15, 0.2) is 48.8 Å². The number of hydrogen-bond acceptors (Lipinski definition) is 3. The zero-order valence-electron chi connectivity index (χ0n) is 15.2. The van der Waals surface area contributed by atoms with E-state index in [9.17, 15) is 4.79 Å². The Kier molecular flexibility index (Phi) is 4.32. The first kappa shape index (κ1) is 16.6. The molecule has 0 N–H and O–H groups in total. The molecule has 1 aromatic carbocycles. The first-order valence-electron chi connectivity index (χ1n) is 9.04. The Hall–Kier alpha value is -2.89. The SMILES string of the molecule is Cc1cc(C)n(C2CCCN(C(=O)c3ccccc3-n3cccn3)C2)n1. The Labute approximate surface area is 153 Å². The van der Waals surface area contributed by atoms with Gasteiger partial charge in [-0.05, 0) is 51.0 Å². The molecule has 1 unspecified atom stereocenters. The maximum Gasteiger partial charge on any atom is 0.256 e. The van der Waals surface area contributed by atoms with Crippen molar-refractivity contribution in [3.8, 4) is 5.69 Å². The number of para-hydroxylation sites is 1. The largest absolute Gasteiger partial charge is 0.336 e. The molecule has 4 rings (SSSR count). The van der Waals surface area contributed by atoms with Crippen LogP contribution >= 0.6 is 0 Å². The van der Waals surface area contributed by atoms with Gasteiger partial charge in [0.15, 0.2) is 0 Å². The molecule has 1 atom stereocenters. The summed E-state index contributed by atoms with van der Waals surface area (Å²) in [5, 5.41) is 8.91. The van der Waals surface area contributed by atoms with Crippen molar-refractivity contribution >= 4 is 5.91 Å². The van der Waals surface area contributed by atoms with Crippen molar-refractivity contribution < 1.29 is 4.79 Å². The second-order valence-electron chi connectivity index (χ2n) is 6.89. The van der Waals surface area contributed by atoms with Crippen LogP contribution in [0.25, 0.3) is 5.69 Å². The fraction of sp³-hybridized carbons (Fsp3) is 0.350. The predicted molar refractivity (Wildman–Crippen MR) is 99.4 cm³/mol. The summed E-state index contributed by atoms with van der Waals surface area (Å²) in [7, 11) is 0. The Balaban J connectivity index is 1.60. The summed E-state index contributed by atoms with van der Waals surface area (Å²) in [6.45, 7) is 5.56. The maximum absolute atomic E-state index is 13.2. The lowest BCUT2D eigenvalue weighted by Crippen LogP contribution is -2.41. The van der Waals surface area contributed by atoms with Crippen LogP contribution in [0, 0.1) is 13.8 Å². The van der Waals surface area contributed by atoms with Crippen LogP contribution in [0.5, 0.6) is 0 Å². The number of nitrogens with zero attached hydrogens (tertiary/aromatic N) is 5. The molecule has 134 valence electrons. The molecule has 3 aromatic rings. The highest BCUT2D eigenvalue weighted by Gasteiger charge is 2.28. The Bertz CT molecular complexity index is 912. The molecule has 3 heterocycles. The second-order valence-corrected chi connectivity index (χ2v) is 6.89. The summed E-state index contributed by atoms with van der Waals surface area (Å²) in [6, 6.07) is 11.8. The van der Waals surface area contributed by atoms with Gasteiger partial charge in [-0.15, -0.1) is 0 Å². The van der Waals surface area contributed by atoms with Crippen molar-refractivity contribution in [2.45, 2.75) is 32.7 Å². The number of rotatable bonds is 3. The molecule has 0 radical (unpaired) electrons. The maximum atomic E-state index is 13.2. The van der Waals surface area contributed by atoms with Crippen LogP contribution in [0.4, 0.5) is 0 Å². The average Bonchev–Trinajstić information content (AvgIpc) is 3.31.